The highest BCUT2D eigenvalue weighted by Gasteiger charge is 2.16. The molecule has 0 aromatic heterocycles. The van der Waals surface area contributed by atoms with Crippen LogP contribution in [-0.4, -0.2) is 15.3 Å². The number of halogens is 3. The first-order chi connectivity index (χ1) is 9.90. The van der Waals surface area contributed by atoms with Gasteiger partial charge in [-0.05, 0) is 24.3 Å². The second kappa shape index (κ2) is 6.32. The summed E-state index contributed by atoms with van der Waals surface area (Å²) >= 11 is 5.62. The van der Waals surface area contributed by atoms with Gasteiger partial charge in [-0.2, -0.15) is 0 Å². The fourth-order valence-corrected chi connectivity index (χ4v) is 3.09. The van der Waals surface area contributed by atoms with Gasteiger partial charge in [-0.15, -0.1) is 0 Å². The van der Waals surface area contributed by atoms with Gasteiger partial charge in [0, 0.05) is 5.56 Å². The first-order valence-electron chi connectivity index (χ1n) is 5.74. The number of rotatable bonds is 4. The monoisotopic (exact) mass is 330 g/mol. The molecule has 0 radical (unpaired) electrons. The molecule has 1 atom stereocenters. The third-order valence-electron chi connectivity index (χ3n) is 2.74. The number of carboxylic acid groups (broad SMARTS) is 1. The van der Waals surface area contributed by atoms with Crippen molar-refractivity contribution in [2.45, 2.75) is 10.6 Å². The van der Waals surface area contributed by atoms with Crippen molar-refractivity contribution in [2.24, 2.45) is 0 Å². The molecule has 0 bridgehead atoms. The largest absolute Gasteiger partial charge is 0.478 e. The summed E-state index contributed by atoms with van der Waals surface area (Å²) in [4.78, 5) is 10.6. The molecule has 0 fully saturated rings. The molecular weight excluding hydrogens is 322 g/mol. The third kappa shape index (κ3) is 3.46. The predicted octanol–water partition coefficient (Wildman–Crippen LogP) is 3.62. The molecule has 2 rings (SSSR count). The van der Waals surface area contributed by atoms with E-state index < -0.39 is 28.4 Å². The van der Waals surface area contributed by atoms with E-state index in [4.69, 9.17) is 16.7 Å². The number of carboxylic acids is 1. The fraction of sp³-hybridized carbons (Fsp3) is 0.0714. The van der Waals surface area contributed by atoms with Crippen LogP contribution in [0.5, 0.6) is 0 Å². The van der Waals surface area contributed by atoms with Crippen LogP contribution >= 0.6 is 11.6 Å². The van der Waals surface area contributed by atoms with E-state index >= 15 is 0 Å². The second-order valence-electron chi connectivity index (χ2n) is 4.15. The first kappa shape index (κ1) is 15.6. The number of aromatic carboxylic acids is 1. The number of carbonyl (C=O) groups is 1. The van der Waals surface area contributed by atoms with E-state index in [0.29, 0.717) is 0 Å². The molecule has 0 saturated heterocycles. The van der Waals surface area contributed by atoms with Crippen molar-refractivity contribution in [3.8, 4) is 0 Å². The van der Waals surface area contributed by atoms with Crippen molar-refractivity contribution in [2.75, 3.05) is 0 Å². The normalized spacial score (nSPS) is 12.1. The number of hydrogen-bond acceptors (Lipinski definition) is 2. The molecule has 0 aliphatic carbocycles. The van der Waals surface area contributed by atoms with Crippen molar-refractivity contribution in [1.29, 1.82) is 0 Å². The average Bonchev–Trinajstić information content (AvgIpc) is 2.44. The quantitative estimate of drug-likeness (QED) is 0.931. The van der Waals surface area contributed by atoms with Gasteiger partial charge < -0.3 is 5.11 Å². The van der Waals surface area contributed by atoms with Gasteiger partial charge in [0.2, 0.25) is 0 Å². The molecule has 1 unspecified atom stereocenters. The van der Waals surface area contributed by atoms with Crippen LogP contribution in [0.4, 0.5) is 8.78 Å². The lowest BCUT2D eigenvalue weighted by Gasteiger charge is -2.07. The molecule has 7 heteroatoms. The van der Waals surface area contributed by atoms with Crippen LogP contribution in [0.2, 0.25) is 5.02 Å². The minimum Gasteiger partial charge on any atom is -0.478 e. The lowest BCUT2D eigenvalue weighted by Crippen LogP contribution is -2.04. The highest BCUT2D eigenvalue weighted by molar-refractivity contribution is 7.84. The summed E-state index contributed by atoms with van der Waals surface area (Å²) in [6.07, 6.45) is 0. The van der Waals surface area contributed by atoms with E-state index in [9.17, 15) is 17.8 Å². The Morgan fingerprint density at radius 2 is 1.95 bits per heavy atom. The molecule has 0 heterocycles. The van der Waals surface area contributed by atoms with Crippen LogP contribution < -0.4 is 0 Å². The van der Waals surface area contributed by atoms with Gasteiger partial charge in [-0.25, -0.2) is 13.6 Å². The summed E-state index contributed by atoms with van der Waals surface area (Å²) in [6.45, 7) is 0. The molecule has 0 aliphatic rings. The zero-order chi connectivity index (χ0) is 15.6. The Kier molecular flexibility index (Phi) is 4.69. The molecule has 0 spiro atoms. The fourth-order valence-electron chi connectivity index (χ4n) is 1.69. The van der Waals surface area contributed by atoms with Gasteiger partial charge >= 0.3 is 5.97 Å². The van der Waals surface area contributed by atoms with Crippen molar-refractivity contribution < 1.29 is 22.9 Å². The van der Waals surface area contributed by atoms with Crippen molar-refractivity contribution in [3.05, 3.63) is 64.2 Å². The smallest absolute Gasteiger partial charge is 0.335 e. The minimum absolute atomic E-state index is 0.0703. The van der Waals surface area contributed by atoms with Gasteiger partial charge in [0.15, 0.2) is 0 Å². The van der Waals surface area contributed by atoms with Gasteiger partial charge in [0.25, 0.3) is 0 Å². The SMILES string of the molecule is O=C(O)c1ccc(F)c(S(=O)Cc2cccc(Cl)c2F)c1. The van der Waals surface area contributed by atoms with Crippen LogP contribution in [-0.2, 0) is 16.6 Å². The molecule has 2 aromatic carbocycles. The maximum Gasteiger partial charge on any atom is 0.335 e. The Labute approximate surface area is 126 Å². The van der Waals surface area contributed by atoms with E-state index in [0.717, 1.165) is 18.2 Å². The zero-order valence-electron chi connectivity index (χ0n) is 10.5. The topological polar surface area (TPSA) is 54.4 Å². The van der Waals surface area contributed by atoms with E-state index in [1.54, 1.807) is 0 Å². The Hall–Kier alpha value is -1.79. The minimum atomic E-state index is -1.93. The summed E-state index contributed by atoms with van der Waals surface area (Å²) in [5.74, 6) is -3.09. The van der Waals surface area contributed by atoms with Crippen molar-refractivity contribution in [3.63, 3.8) is 0 Å². The Bertz CT molecular complexity index is 734. The molecule has 3 nitrogen and oxygen atoms in total. The van der Waals surface area contributed by atoms with Gasteiger partial charge in [-0.3, -0.25) is 4.21 Å². The molecule has 1 N–H and O–H groups in total. The highest BCUT2D eigenvalue weighted by Crippen LogP contribution is 2.22. The van der Waals surface area contributed by atoms with E-state index in [2.05, 4.69) is 0 Å². The van der Waals surface area contributed by atoms with Crippen LogP contribution in [0.1, 0.15) is 15.9 Å². The van der Waals surface area contributed by atoms with E-state index in [1.807, 2.05) is 0 Å². The number of hydrogen-bond donors (Lipinski definition) is 1. The number of benzene rings is 2. The third-order valence-corrected chi connectivity index (χ3v) is 4.41. The highest BCUT2D eigenvalue weighted by atomic mass is 35.5. The van der Waals surface area contributed by atoms with Gasteiger partial charge in [-0.1, -0.05) is 23.7 Å². The maximum atomic E-state index is 13.7. The lowest BCUT2D eigenvalue weighted by molar-refractivity contribution is 0.0696. The maximum absolute atomic E-state index is 13.7. The standard InChI is InChI=1S/C14H9ClF2O3S/c15-10-3-1-2-9(13(10)17)7-21(20)12-6-8(14(18)19)4-5-11(12)16/h1-6H,7H2,(H,18,19). The average molecular weight is 331 g/mol. The Morgan fingerprint density at radius 1 is 1.24 bits per heavy atom. The van der Waals surface area contributed by atoms with Crippen LogP contribution in [0, 0.1) is 11.6 Å². The van der Waals surface area contributed by atoms with Crippen LogP contribution in [0.3, 0.4) is 0 Å². The second-order valence-corrected chi connectivity index (χ2v) is 5.98. The summed E-state index contributed by atoms with van der Waals surface area (Å²) in [7, 11) is -1.93. The molecule has 110 valence electrons. The summed E-state index contributed by atoms with van der Waals surface area (Å²) in [5.41, 5.74) is -0.118. The van der Waals surface area contributed by atoms with Crippen molar-refractivity contribution >= 4 is 28.4 Å². The molecule has 21 heavy (non-hydrogen) atoms. The van der Waals surface area contributed by atoms with Gasteiger partial charge in [0.05, 0.1) is 32.0 Å². The summed E-state index contributed by atoms with van der Waals surface area (Å²) < 4.78 is 39.5. The molecule has 0 amide bonds. The first-order valence-corrected chi connectivity index (χ1v) is 7.44. The molecule has 0 aliphatic heterocycles. The van der Waals surface area contributed by atoms with E-state index in [-0.39, 0.29) is 26.8 Å². The Morgan fingerprint density at radius 3 is 2.62 bits per heavy atom. The van der Waals surface area contributed by atoms with Crippen molar-refractivity contribution in [1.82, 2.24) is 0 Å². The Balaban J connectivity index is 2.34. The van der Waals surface area contributed by atoms with Crippen LogP contribution in [0.25, 0.3) is 0 Å². The zero-order valence-corrected chi connectivity index (χ0v) is 12.0. The van der Waals surface area contributed by atoms with Gasteiger partial charge in [0.1, 0.15) is 11.6 Å². The molecule has 2 aromatic rings. The van der Waals surface area contributed by atoms with Crippen LogP contribution in [0.15, 0.2) is 41.3 Å². The molecule has 0 saturated carbocycles. The summed E-state index contributed by atoms with van der Waals surface area (Å²) in [5, 5.41) is 8.73. The summed E-state index contributed by atoms with van der Waals surface area (Å²) in [6, 6.07) is 7.19. The van der Waals surface area contributed by atoms with E-state index in [1.165, 1.54) is 18.2 Å². The predicted molar refractivity (Wildman–Crippen MR) is 74.9 cm³/mol. The molecular formula is C14H9ClF2O3S. The lowest BCUT2D eigenvalue weighted by atomic mass is 10.2.